The molecular weight excluding hydrogens is 388 g/mol. The van der Waals surface area contributed by atoms with Crippen LogP contribution in [0.5, 0.6) is 0 Å². The first-order valence-corrected chi connectivity index (χ1v) is 7.46. The van der Waals surface area contributed by atoms with Crippen molar-refractivity contribution in [3.63, 3.8) is 0 Å². The summed E-state index contributed by atoms with van der Waals surface area (Å²) >= 11 is 0. The fourth-order valence-corrected chi connectivity index (χ4v) is 2.00. The summed E-state index contributed by atoms with van der Waals surface area (Å²) in [5.41, 5.74) is -5.03. The maximum Gasteiger partial charge on any atom is 0.336 e. The number of esters is 1. The minimum Gasteiger partial charge on any atom is -0.481 e. The number of rotatable bonds is 10. The Kier molecular flexibility index (Phi) is 10.8. The van der Waals surface area contributed by atoms with Gasteiger partial charge in [-0.2, -0.15) is 0 Å². The summed E-state index contributed by atoms with van der Waals surface area (Å²) in [5, 5.41) is 51.9. The van der Waals surface area contributed by atoms with Crippen LogP contribution < -0.4 is 0 Å². The Morgan fingerprint density at radius 3 is 1.39 bits per heavy atom. The molecule has 0 saturated carbocycles. The molecule has 0 radical (unpaired) electrons. The third kappa shape index (κ3) is 7.77. The lowest BCUT2D eigenvalue weighted by molar-refractivity contribution is -0.184. The van der Waals surface area contributed by atoms with Gasteiger partial charge in [-0.1, -0.05) is 0 Å². The largest absolute Gasteiger partial charge is 0.481 e. The summed E-state index contributed by atoms with van der Waals surface area (Å²) in [7, 11) is 0. The van der Waals surface area contributed by atoms with E-state index >= 15 is 0 Å². The van der Waals surface area contributed by atoms with Crippen molar-refractivity contribution in [3.8, 4) is 0 Å². The number of carboxylic acids is 3. The Balaban J connectivity index is 0. The number of hydrogen-bond donors (Lipinski definition) is 6. The Labute approximate surface area is 158 Å². The van der Waals surface area contributed by atoms with Gasteiger partial charge >= 0.3 is 23.9 Å². The third-order valence-electron chi connectivity index (χ3n) is 3.28. The van der Waals surface area contributed by atoms with Crippen molar-refractivity contribution in [2.75, 3.05) is 6.61 Å². The Morgan fingerprint density at radius 2 is 1.21 bits per heavy atom. The van der Waals surface area contributed by atoms with Crippen molar-refractivity contribution in [3.05, 3.63) is 0 Å². The van der Waals surface area contributed by atoms with Gasteiger partial charge in [0.15, 0.2) is 17.2 Å². The highest BCUT2D eigenvalue weighted by Gasteiger charge is 2.50. The normalized spacial score (nSPS) is 12.1. The molecule has 0 saturated heterocycles. The van der Waals surface area contributed by atoms with E-state index in [9.17, 15) is 33.9 Å². The number of carbonyl (C=O) groups is 6. The first-order chi connectivity index (χ1) is 12.6. The van der Waals surface area contributed by atoms with E-state index < -0.39 is 72.2 Å². The summed E-state index contributed by atoms with van der Waals surface area (Å²) in [6, 6.07) is 0. The molecule has 0 aromatic rings. The van der Waals surface area contributed by atoms with Crippen molar-refractivity contribution in [1.29, 1.82) is 0 Å². The van der Waals surface area contributed by atoms with Crippen LogP contribution in [0.1, 0.15) is 33.6 Å². The highest BCUT2D eigenvalue weighted by molar-refractivity contribution is 6.10. The van der Waals surface area contributed by atoms with Crippen molar-refractivity contribution in [2.45, 2.75) is 50.9 Å². The zero-order valence-electron chi connectivity index (χ0n) is 15.2. The molecule has 0 aromatic heterocycles. The summed E-state index contributed by atoms with van der Waals surface area (Å²) in [6.07, 6.45) is -4.04. The third-order valence-corrected chi connectivity index (χ3v) is 3.28. The number of carboxylic acid groups (broad SMARTS) is 3. The van der Waals surface area contributed by atoms with E-state index in [0.29, 0.717) is 0 Å². The zero-order chi connectivity index (χ0) is 22.9. The maximum absolute atomic E-state index is 11.3. The standard InChI is InChI=1S/C9H14O6.C6H8O7/c1-5(11)9(6(2)12,8(14)4-10)15-7(3)13;7-3(8)1-6(13,5(11)12)2-4(9)10/h8,10,14H,4H2,1-3H3;13H,1-2H2,(H,7,8)(H,9,10)(H,11,12). The van der Waals surface area contributed by atoms with Gasteiger partial charge < -0.3 is 35.4 Å². The molecule has 1 atom stereocenters. The highest BCUT2D eigenvalue weighted by atomic mass is 16.6. The maximum atomic E-state index is 11.3. The van der Waals surface area contributed by atoms with E-state index in [2.05, 4.69) is 4.74 Å². The van der Waals surface area contributed by atoms with Gasteiger partial charge in [-0.25, -0.2) is 4.79 Å². The van der Waals surface area contributed by atoms with Gasteiger partial charge in [-0.05, 0) is 13.8 Å². The second-order valence-electron chi connectivity index (χ2n) is 5.62. The summed E-state index contributed by atoms with van der Waals surface area (Å²) in [4.78, 5) is 63.8. The molecule has 0 aromatic carbocycles. The quantitative estimate of drug-likeness (QED) is 0.162. The molecule has 0 bridgehead atoms. The SMILES string of the molecule is CC(=O)OC(C(C)=O)(C(C)=O)C(O)CO.O=C(O)CC(O)(CC(=O)O)C(=O)O. The number of hydrogen-bond acceptors (Lipinski definition) is 10. The highest BCUT2D eigenvalue weighted by Crippen LogP contribution is 2.20. The van der Waals surface area contributed by atoms with Crippen LogP contribution in [-0.4, -0.2) is 90.0 Å². The van der Waals surface area contributed by atoms with Gasteiger partial charge in [-0.15, -0.1) is 0 Å². The number of aliphatic hydroxyl groups excluding tert-OH is 2. The average Bonchev–Trinajstić information content (AvgIpc) is 2.49. The number of ketones is 2. The van der Waals surface area contributed by atoms with Crippen LogP contribution >= 0.6 is 0 Å². The van der Waals surface area contributed by atoms with Crippen molar-refractivity contribution in [1.82, 2.24) is 0 Å². The van der Waals surface area contributed by atoms with E-state index in [-0.39, 0.29) is 0 Å². The first-order valence-electron chi connectivity index (χ1n) is 7.46. The van der Waals surface area contributed by atoms with E-state index in [4.69, 9.17) is 25.5 Å². The molecule has 28 heavy (non-hydrogen) atoms. The van der Waals surface area contributed by atoms with E-state index in [1.165, 1.54) is 0 Å². The van der Waals surface area contributed by atoms with Crippen LogP contribution in [0.25, 0.3) is 0 Å². The molecule has 1 unspecified atom stereocenters. The second-order valence-corrected chi connectivity index (χ2v) is 5.62. The van der Waals surface area contributed by atoms with E-state index in [1.54, 1.807) is 0 Å². The number of aliphatic carboxylic acids is 3. The molecule has 0 amide bonds. The van der Waals surface area contributed by atoms with Gasteiger partial charge in [0.25, 0.3) is 5.60 Å². The zero-order valence-corrected chi connectivity index (χ0v) is 15.2. The molecule has 6 N–H and O–H groups in total. The minimum atomic E-state index is -2.74. The number of aliphatic hydroxyl groups is 3. The van der Waals surface area contributed by atoms with Crippen molar-refractivity contribution < 1.29 is 64.1 Å². The lowest BCUT2D eigenvalue weighted by Crippen LogP contribution is -2.58. The fraction of sp³-hybridized carbons (Fsp3) is 0.600. The van der Waals surface area contributed by atoms with Gasteiger partial charge in [0.05, 0.1) is 19.4 Å². The number of Topliss-reactive ketones (excluding diaryl/α,β-unsaturated/α-hetero) is 2. The van der Waals surface area contributed by atoms with Crippen molar-refractivity contribution in [2.24, 2.45) is 0 Å². The molecular formula is C15H22O13. The average molecular weight is 410 g/mol. The number of carbonyl (C=O) groups excluding carboxylic acids is 3. The van der Waals surface area contributed by atoms with Crippen LogP contribution in [0.3, 0.4) is 0 Å². The number of ether oxygens (including phenoxy) is 1. The summed E-state index contributed by atoms with van der Waals surface area (Å²) < 4.78 is 4.57. The topological polar surface area (TPSA) is 233 Å². The lowest BCUT2D eigenvalue weighted by Gasteiger charge is -2.31. The molecule has 0 spiro atoms. The van der Waals surface area contributed by atoms with Gasteiger partial charge in [0, 0.05) is 6.92 Å². The molecule has 0 fully saturated rings. The fourth-order valence-electron chi connectivity index (χ4n) is 2.00. The Morgan fingerprint density at radius 1 is 0.857 bits per heavy atom. The molecule has 0 aliphatic carbocycles. The summed E-state index contributed by atoms with van der Waals surface area (Å²) in [5.74, 6) is -7.55. The van der Waals surface area contributed by atoms with Crippen LogP contribution in [0.2, 0.25) is 0 Å². The molecule has 160 valence electrons. The molecule has 0 aliphatic heterocycles. The summed E-state index contributed by atoms with van der Waals surface area (Å²) in [6.45, 7) is 2.16. The lowest BCUT2D eigenvalue weighted by atomic mass is 9.88. The van der Waals surface area contributed by atoms with Crippen LogP contribution in [0.4, 0.5) is 0 Å². The van der Waals surface area contributed by atoms with Crippen molar-refractivity contribution >= 4 is 35.4 Å². The van der Waals surface area contributed by atoms with E-state index in [1.807, 2.05) is 0 Å². The van der Waals surface area contributed by atoms with Gasteiger partial charge in [0.2, 0.25) is 0 Å². The molecule has 13 heteroatoms. The monoisotopic (exact) mass is 410 g/mol. The van der Waals surface area contributed by atoms with Crippen LogP contribution in [-0.2, 0) is 33.5 Å². The second kappa shape index (κ2) is 11.1. The molecule has 0 rings (SSSR count). The Hall–Kier alpha value is -2.90. The van der Waals surface area contributed by atoms with E-state index in [0.717, 1.165) is 20.8 Å². The van der Waals surface area contributed by atoms with Crippen LogP contribution in [0.15, 0.2) is 0 Å². The molecule has 0 aliphatic rings. The first kappa shape index (κ1) is 27.3. The molecule has 0 heterocycles. The minimum absolute atomic E-state index is 0.827. The predicted molar refractivity (Wildman–Crippen MR) is 86.0 cm³/mol. The van der Waals surface area contributed by atoms with Gasteiger partial charge in [-0.3, -0.25) is 24.0 Å². The smallest absolute Gasteiger partial charge is 0.336 e. The molecule has 13 nitrogen and oxygen atoms in total. The predicted octanol–water partition coefficient (Wildman–Crippen LogP) is -2.43. The van der Waals surface area contributed by atoms with Crippen LogP contribution in [0, 0.1) is 0 Å². The van der Waals surface area contributed by atoms with Gasteiger partial charge in [0.1, 0.15) is 6.10 Å². The Bertz CT molecular complexity index is 606.